The molecule has 1 aliphatic carbocycles. The van der Waals surface area contributed by atoms with Crippen molar-refractivity contribution in [2.24, 2.45) is 0 Å². The fourth-order valence-corrected chi connectivity index (χ4v) is 5.05. The number of benzene rings is 3. The molecule has 0 radical (unpaired) electrons. The van der Waals surface area contributed by atoms with Crippen molar-refractivity contribution in [1.82, 2.24) is 10.3 Å². The van der Waals surface area contributed by atoms with Crippen molar-refractivity contribution in [3.63, 3.8) is 0 Å². The van der Waals surface area contributed by atoms with Crippen LogP contribution in [0.4, 0.5) is 4.79 Å². The number of alkyl carbamates (subject to hydrolysis) is 1. The number of hydrogen-bond donors (Lipinski definition) is 7. The van der Waals surface area contributed by atoms with Gasteiger partial charge >= 0.3 is 290 Å². The van der Waals surface area contributed by atoms with Crippen LogP contribution in [0.15, 0.2) is 79.0 Å². The van der Waals surface area contributed by atoms with Gasteiger partial charge in [-0.25, -0.2) is 26.4 Å². The van der Waals surface area contributed by atoms with E-state index in [0.29, 0.717) is 12.2 Å². The van der Waals surface area contributed by atoms with Gasteiger partial charge in [-0.2, -0.15) is 16.8 Å². The fraction of sp³-hybridized carbons (Fsp3) is 0.312. The second-order valence-corrected chi connectivity index (χ2v) is 15.7. The van der Waals surface area contributed by atoms with E-state index in [1.165, 1.54) is 0 Å². The largest absolute Gasteiger partial charge is 1.00 e. The molecule has 1 atom stereocenters. The summed E-state index contributed by atoms with van der Waals surface area (Å²) >= 11 is 0. The zero-order chi connectivity index (χ0) is 47.4. The SMILES string of the molecule is CC(C)OC(C)C.O=C(N[C@@H](Cc1c[nH]c2ccccc12)C(=O)O)OCC1c2ccccc2-c2ccccc21.O=S(=O)(O)O[O-].O=S(=O)(O)O[O-].O=S(=O)([O-])O.O=S(=O)([O-])O.[K+].[K+].[K+].[K+].[K+]. The Labute approximate surface area is 594 Å². The molecule has 5 rings (SSSR count). The van der Waals surface area contributed by atoms with Gasteiger partial charge in [0.25, 0.3) is 0 Å². The van der Waals surface area contributed by atoms with Crippen LogP contribution in [0.25, 0.3) is 22.0 Å². The maximum absolute atomic E-state index is 12.5. The molecule has 0 unspecified atom stereocenters. The van der Waals surface area contributed by atoms with Crippen LogP contribution in [0.3, 0.4) is 0 Å². The topological polar surface area (TPSA) is 429 Å². The Morgan fingerprint density at radius 2 is 1.02 bits per heavy atom. The van der Waals surface area contributed by atoms with Gasteiger partial charge in [-0.05, 0) is 61.6 Å². The van der Waals surface area contributed by atoms with E-state index in [1.54, 1.807) is 6.20 Å². The molecular formula is C32H40K5N2O23S4+. The third kappa shape index (κ3) is 41.8. The number of nitrogens with one attached hydrogen (secondary N) is 2. The summed E-state index contributed by atoms with van der Waals surface area (Å²) in [6, 6.07) is 22.7. The number of fused-ring (bicyclic) bond motifs is 4. The van der Waals surface area contributed by atoms with Crippen molar-refractivity contribution in [3.8, 4) is 11.1 Å². The quantitative estimate of drug-likeness (QED) is 0.0255. The fourth-order valence-electron chi connectivity index (χ4n) is 5.05. The molecule has 344 valence electrons. The van der Waals surface area contributed by atoms with Gasteiger partial charge in [-0.1, -0.05) is 66.7 Å². The molecule has 25 nitrogen and oxygen atoms in total. The summed E-state index contributed by atoms with van der Waals surface area (Å²) in [7, 11) is -19.3. The molecule has 1 aromatic heterocycles. The van der Waals surface area contributed by atoms with Crippen LogP contribution >= 0.6 is 0 Å². The number of aromatic amines is 1. The molecule has 0 saturated heterocycles. The first-order chi connectivity index (χ1) is 27.9. The minimum absolute atomic E-state index is 0. The molecule has 4 aromatic rings. The molecule has 34 heteroatoms. The smallest absolute Gasteiger partial charge is 0.726 e. The molecule has 1 heterocycles. The second-order valence-electron chi connectivity index (χ2n) is 12.0. The third-order valence-corrected chi connectivity index (χ3v) is 7.09. The summed E-state index contributed by atoms with van der Waals surface area (Å²) in [5, 5.41) is 30.3. The van der Waals surface area contributed by atoms with Crippen molar-refractivity contribution in [3.05, 3.63) is 95.7 Å². The van der Waals surface area contributed by atoms with E-state index in [0.717, 1.165) is 38.7 Å². The number of aromatic nitrogens is 1. The summed E-state index contributed by atoms with van der Waals surface area (Å²) in [4.78, 5) is 27.5. The Morgan fingerprint density at radius 3 is 1.35 bits per heavy atom. The summed E-state index contributed by atoms with van der Waals surface area (Å²) in [6.45, 7) is 8.30. The number of rotatable bonds is 10. The Bertz CT molecular complexity index is 2330. The van der Waals surface area contributed by atoms with Gasteiger partial charge in [0.15, 0.2) is 0 Å². The van der Waals surface area contributed by atoms with Gasteiger partial charge < -0.3 is 53.2 Å². The van der Waals surface area contributed by atoms with Gasteiger partial charge in [0.1, 0.15) is 12.6 Å². The monoisotopic (exact) mass is 1140 g/mol. The van der Waals surface area contributed by atoms with Gasteiger partial charge in [0.05, 0.1) is 12.2 Å². The van der Waals surface area contributed by atoms with Crippen LogP contribution in [0.5, 0.6) is 0 Å². The standard InChI is InChI=1S/C26H22N2O4.C6H14O.5K.2H2O5S.2H2O4S/c29-25(30)24(13-16-14-27-23-12-6-5-7-17(16)23)28-26(31)32-15-22-20-10-3-1-8-18(20)19-9-2-4-11-21(19)22;1-5(2)7-6(3)4;;;;;;2*1-5-6(2,3)4;2*1-5(2,3)4/h1-12,14,22,24,27H,13,15H2,(H,28,31)(H,29,30);5-6H,1-4H3;;;;;;2*1H,(H,2,3,4);2*(H2,1,2,3,4)/q;;5*+1;;;;/p-4/t24-;;;;;;;;;;/m0........../s1. The molecule has 0 aliphatic heterocycles. The molecule has 66 heavy (non-hydrogen) atoms. The number of para-hydroxylation sites is 1. The van der Waals surface area contributed by atoms with E-state index in [2.05, 4.69) is 31.1 Å². The summed E-state index contributed by atoms with van der Waals surface area (Å²) in [5.74, 6) is -1.19. The minimum Gasteiger partial charge on any atom is -0.726 e. The summed E-state index contributed by atoms with van der Waals surface area (Å²) < 4.78 is 131. The van der Waals surface area contributed by atoms with Crippen LogP contribution in [-0.4, -0.2) is 108 Å². The number of H-pyrrole nitrogens is 1. The average molecular weight is 1140 g/mol. The second kappa shape index (κ2) is 40.7. The Hall–Kier alpha value is 3.48. The minimum atomic E-state index is -4.92. The molecule has 7 N–H and O–H groups in total. The van der Waals surface area contributed by atoms with E-state index in [4.69, 9.17) is 81.0 Å². The molecule has 0 saturated carbocycles. The number of ether oxygens (including phenoxy) is 2. The predicted molar refractivity (Wildman–Crippen MR) is 203 cm³/mol. The van der Waals surface area contributed by atoms with Crippen molar-refractivity contribution in [2.45, 2.75) is 58.3 Å². The molecule has 0 bridgehead atoms. The number of carboxylic acids is 1. The maximum Gasteiger partial charge on any atom is 1.00 e. The molecule has 3 aromatic carbocycles. The molecule has 1 amide bonds. The number of carbonyl (C=O) groups is 2. The predicted octanol–water partition coefficient (Wildman–Crippen LogP) is -14.3. The van der Waals surface area contributed by atoms with E-state index in [-0.39, 0.29) is 276 Å². The first-order valence-electron chi connectivity index (χ1n) is 16.4. The first-order valence-corrected chi connectivity index (χ1v) is 21.8. The number of carboxylic acid groups (broad SMARTS) is 1. The summed E-state index contributed by atoms with van der Waals surface area (Å²) in [5.41, 5.74) is 6.24. The van der Waals surface area contributed by atoms with Crippen LogP contribution in [0.1, 0.15) is 50.3 Å². The molecule has 0 fully saturated rings. The van der Waals surface area contributed by atoms with E-state index in [1.807, 2.05) is 88.4 Å². The Balaban J connectivity index is -0.000000219. The van der Waals surface area contributed by atoms with Crippen LogP contribution in [0, 0.1) is 0 Å². The number of aliphatic carboxylic acids is 1. The molecule has 1 aliphatic rings. The normalized spacial score (nSPS) is 11.5. The number of hydrogen-bond acceptors (Lipinski definition) is 18. The Kier molecular flexibility index (Phi) is 49.9. The average Bonchev–Trinajstić information content (AvgIpc) is 3.67. The number of carbonyl (C=O) groups excluding carboxylic acids is 1. The van der Waals surface area contributed by atoms with Crippen molar-refractivity contribution >= 4 is 64.6 Å². The van der Waals surface area contributed by atoms with E-state index in [9.17, 15) is 14.7 Å². The van der Waals surface area contributed by atoms with Gasteiger partial charge in [-0.15, -0.1) is 0 Å². The van der Waals surface area contributed by atoms with Gasteiger partial charge in [-0.3, -0.25) is 18.2 Å². The first kappa shape index (κ1) is 80.9. The van der Waals surface area contributed by atoms with Gasteiger partial charge in [0, 0.05) is 29.4 Å². The van der Waals surface area contributed by atoms with Crippen LogP contribution < -0.4 is 273 Å². The van der Waals surface area contributed by atoms with Crippen LogP contribution in [0.2, 0.25) is 0 Å². The van der Waals surface area contributed by atoms with E-state index < -0.39 is 59.7 Å². The number of amides is 1. The zero-order valence-corrected chi connectivity index (χ0v) is 55.8. The zero-order valence-electron chi connectivity index (χ0n) is 36.9. The summed E-state index contributed by atoms with van der Waals surface area (Å²) in [6.07, 6.45) is 1.95. The van der Waals surface area contributed by atoms with Crippen LogP contribution in [-0.2, 0) is 71.0 Å². The van der Waals surface area contributed by atoms with Crippen molar-refractivity contribution < 1.29 is 361 Å². The Morgan fingerprint density at radius 1 is 0.667 bits per heavy atom. The third-order valence-electron chi connectivity index (χ3n) is 6.75. The van der Waals surface area contributed by atoms with Gasteiger partial charge in [0.2, 0.25) is 20.8 Å². The van der Waals surface area contributed by atoms with E-state index >= 15 is 0 Å². The molecular weight excluding hydrogens is 1100 g/mol. The molecule has 0 spiro atoms. The maximum atomic E-state index is 12.5. The van der Waals surface area contributed by atoms with Crippen molar-refractivity contribution in [1.29, 1.82) is 0 Å². The van der Waals surface area contributed by atoms with Crippen molar-refractivity contribution in [2.75, 3.05) is 6.61 Å².